The zero-order chi connectivity index (χ0) is 21.5. The third-order valence-corrected chi connectivity index (χ3v) is 4.94. The van der Waals surface area contributed by atoms with E-state index in [4.69, 9.17) is 9.47 Å². The number of ether oxygens (including phenoxy) is 2. The van der Waals surface area contributed by atoms with Crippen LogP contribution in [0.1, 0.15) is 31.9 Å². The second-order valence-corrected chi connectivity index (χ2v) is 7.11. The maximum absolute atomic E-state index is 12.5. The molecule has 0 radical (unpaired) electrons. The molecule has 1 fully saturated rings. The number of anilines is 1. The molecule has 1 aliphatic rings. The van der Waals surface area contributed by atoms with Gasteiger partial charge in [-0.2, -0.15) is 0 Å². The second kappa shape index (κ2) is 9.91. The summed E-state index contributed by atoms with van der Waals surface area (Å²) in [5, 5.41) is 2.80. The van der Waals surface area contributed by atoms with Gasteiger partial charge < -0.3 is 19.7 Å². The van der Waals surface area contributed by atoms with Crippen LogP contribution in [0.5, 0.6) is 5.75 Å². The van der Waals surface area contributed by atoms with Gasteiger partial charge in [-0.05, 0) is 31.5 Å². The average molecular weight is 410 g/mol. The lowest BCUT2D eigenvalue weighted by Crippen LogP contribution is -2.32. The normalized spacial score (nSPS) is 16.8. The zero-order valence-corrected chi connectivity index (χ0v) is 17.2. The lowest BCUT2D eigenvalue weighted by Gasteiger charge is -2.20. The van der Waals surface area contributed by atoms with E-state index in [9.17, 15) is 14.4 Å². The fraction of sp³-hybridized carbons (Fsp3) is 0.348. The molecule has 1 aliphatic heterocycles. The van der Waals surface area contributed by atoms with Crippen molar-refractivity contribution in [2.45, 2.75) is 26.3 Å². The Hall–Kier alpha value is -3.35. The largest absolute Gasteiger partial charge is 0.492 e. The van der Waals surface area contributed by atoms with Gasteiger partial charge in [-0.25, -0.2) is 0 Å². The Morgan fingerprint density at radius 2 is 1.83 bits per heavy atom. The minimum atomic E-state index is -0.619. The van der Waals surface area contributed by atoms with Crippen LogP contribution in [0.25, 0.3) is 0 Å². The molecule has 1 N–H and O–H groups in total. The number of carbonyl (C=O) groups is 3. The number of amides is 2. The molecule has 0 saturated carbocycles. The van der Waals surface area contributed by atoms with Crippen LogP contribution < -0.4 is 15.0 Å². The highest BCUT2D eigenvalue weighted by molar-refractivity contribution is 6.00. The highest BCUT2D eigenvalue weighted by Crippen LogP contribution is 2.33. The molecular formula is C23H26N2O5. The summed E-state index contributed by atoms with van der Waals surface area (Å²) in [6.45, 7) is 4.02. The molecule has 3 rings (SSSR count). The van der Waals surface area contributed by atoms with Gasteiger partial charge in [0, 0.05) is 13.0 Å². The number of benzene rings is 2. The maximum Gasteiger partial charge on any atom is 0.311 e. The molecule has 30 heavy (non-hydrogen) atoms. The van der Waals surface area contributed by atoms with E-state index in [1.165, 1.54) is 4.90 Å². The molecule has 2 atom stereocenters. The molecule has 2 amide bonds. The lowest BCUT2D eigenvalue weighted by atomic mass is 10.1. The molecule has 2 aromatic carbocycles. The lowest BCUT2D eigenvalue weighted by molar-refractivity contribution is -0.152. The van der Waals surface area contributed by atoms with Crippen molar-refractivity contribution in [1.29, 1.82) is 0 Å². The number of nitrogens with zero attached hydrogens (tertiary/aromatic N) is 1. The molecular weight excluding hydrogens is 384 g/mol. The molecule has 7 heteroatoms. The first-order valence-electron chi connectivity index (χ1n) is 10.0. The average Bonchev–Trinajstić information content (AvgIpc) is 3.15. The monoisotopic (exact) mass is 410 g/mol. The van der Waals surface area contributed by atoms with Crippen molar-refractivity contribution >= 4 is 23.5 Å². The topological polar surface area (TPSA) is 84.9 Å². The SMILES string of the molecule is CCOc1ccccc1N1C[C@@H](C(=O)OCC(=O)N[C@@H](C)c2ccccc2)CC1=O. The minimum absolute atomic E-state index is 0.0430. The Bertz CT molecular complexity index is 899. The molecule has 1 saturated heterocycles. The Labute approximate surface area is 176 Å². The standard InChI is InChI=1S/C23H26N2O5/c1-3-29-20-12-8-7-11-19(20)25-14-18(13-22(25)27)23(28)30-15-21(26)24-16(2)17-9-5-4-6-10-17/h4-12,16,18H,3,13-15H2,1-2H3,(H,24,26)/t16-,18-/m0/s1. The summed E-state index contributed by atoms with van der Waals surface area (Å²) >= 11 is 0. The van der Waals surface area contributed by atoms with E-state index in [1.807, 2.05) is 56.3 Å². The summed E-state index contributed by atoms with van der Waals surface area (Å²) in [5.41, 5.74) is 1.59. The van der Waals surface area contributed by atoms with Crippen molar-refractivity contribution in [2.75, 3.05) is 24.7 Å². The number of esters is 1. The highest BCUT2D eigenvalue weighted by atomic mass is 16.5. The van der Waals surface area contributed by atoms with Gasteiger partial charge in [0.2, 0.25) is 5.91 Å². The van der Waals surface area contributed by atoms with Crippen molar-refractivity contribution in [3.05, 3.63) is 60.2 Å². The van der Waals surface area contributed by atoms with Gasteiger partial charge in [0.25, 0.3) is 5.91 Å². The van der Waals surface area contributed by atoms with Crippen LogP contribution in [0.3, 0.4) is 0 Å². The molecule has 158 valence electrons. The summed E-state index contributed by atoms with van der Waals surface area (Å²) < 4.78 is 10.8. The van der Waals surface area contributed by atoms with Gasteiger partial charge in [-0.15, -0.1) is 0 Å². The molecule has 2 aromatic rings. The smallest absolute Gasteiger partial charge is 0.311 e. The number of rotatable bonds is 8. The van der Waals surface area contributed by atoms with Crippen LogP contribution in [0, 0.1) is 5.92 Å². The maximum atomic E-state index is 12.5. The fourth-order valence-electron chi connectivity index (χ4n) is 3.42. The summed E-state index contributed by atoms with van der Waals surface area (Å²) in [6, 6.07) is 16.5. The number of hydrogen-bond acceptors (Lipinski definition) is 5. The van der Waals surface area contributed by atoms with Gasteiger partial charge in [-0.1, -0.05) is 42.5 Å². The summed E-state index contributed by atoms with van der Waals surface area (Å²) in [4.78, 5) is 38.6. The van der Waals surface area contributed by atoms with E-state index < -0.39 is 11.9 Å². The highest BCUT2D eigenvalue weighted by Gasteiger charge is 2.37. The molecule has 0 bridgehead atoms. The zero-order valence-electron chi connectivity index (χ0n) is 17.2. The Kier molecular flexibility index (Phi) is 7.06. The van der Waals surface area contributed by atoms with Crippen LogP contribution in [0.4, 0.5) is 5.69 Å². The first-order chi connectivity index (χ1) is 14.5. The van der Waals surface area contributed by atoms with Crippen molar-refractivity contribution in [3.63, 3.8) is 0 Å². The number of hydrogen-bond donors (Lipinski definition) is 1. The van der Waals surface area contributed by atoms with Crippen molar-refractivity contribution in [3.8, 4) is 5.75 Å². The second-order valence-electron chi connectivity index (χ2n) is 7.11. The van der Waals surface area contributed by atoms with Gasteiger partial charge in [0.05, 0.1) is 24.3 Å². The summed E-state index contributed by atoms with van der Waals surface area (Å²) in [5.74, 6) is -1.14. The Morgan fingerprint density at radius 1 is 1.13 bits per heavy atom. The molecule has 0 unspecified atom stereocenters. The van der Waals surface area contributed by atoms with E-state index in [1.54, 1.807) is 12.1 Å². The van der Waals surface area contributed by atoms with E-state index in [0.29, 0.717) is 18.0 Å². The summed E-state index contributed by atoms with van der Waals surface area (Å²) in [6.07, 6.45) is 0.0430. The van der Waals surface area contributed by atoms with Crippen molar-refractivity contribution in [1.82, 2.24) is 5.32 Å². The van der Waals surface area contributed by atoms with Crippen LogP contribution in [0.15, 0.2) is 54.6 Å². The van der Waals surface area contributed by atoms with Crippen LogP contribution in [0.2, 0.25) is 0 Å². The number of para-hydroxylation sites is 2. The fourth-order valence-corrected chi connectivity index (χ4v) is 3.42. The van der Waals surface area contributed by atoms with Crippen LogP contribution in [-0.2, 0) is 19.1 Å². The molecule has 1 heterocycles. The van der Waals surface area contributed by atoms with E-state index >= 15 is 0 Å². The quantitative estimate of drug-likeness (QED) is 0.677. The van der Waals surface area contributed by atoms with Crippen molar-refractivity contribution < 1.29 is 23.9 Å². The van der Waals surface area contributed by atoms with Crippen molar-refractivity contribution in [2.24, 2.45) is 5.92 Å². The van der Waals surface area contributed by atoms with Crippen LogP contribution in [-0.4, -0.2) is 37.5 Å². The summed E-state index contributed by atoms with van der Waals surface area (Å²) in [7, 11) is 0. The molecule has 7 nitrogen and oxygen atoms in total. The van der Waals surface area contributed by atoms with E-state index in [0.717, 1.165) is 5.56 Å². The Balaban J connectivity index is 1.53. The van der Waals surface area contributed by atoms with Crippen LogP contribution >= 0.6 is 0 Å². The third-order valence-electron chi connectivity index (χ3n) is 4.94. The third kappa shape index (κ3) is 5.17. The number of nitrogens with one attached hydrogen (secondary N) is 1. The van der Waals surface area contributed by atoms with E-state index in [2.05, 4.69) is 5.32 Å². The molecule has 0 aromatic heterocycles. The number of carbonyl (C=O) groups excluding carboxylic acids is 3. The van der Waals surface area contributed by atoms with Gasteiger partial charge in [-0.3, -0.25) is 14.4 Å². The van der Waals surface area contributed by atoms with Gasteiger partial charge >= 0.3 is 5.97 Å². The Morgan fingerprint density at radius 3 is 2.57 bits per heavy atom. The minimum Gasteiger partial charge on any atom is -0.492 e. The molecule has 0 spiro atoms. The first-order valence-corrected chi connectivity index (χ1v) is 10.0. The van der Waals surface area contributed by atoms with E-state index in [-0.39, 0.29) is 37.4 Å². The first kappa shape index (κ1) is 21.4. The predicted octanol–water partition coefficient (Wildman–Crippen LogP) is 2.86. The van der Waals surface area contributed by atoms with Gasteiger partial charge in [0.1, 0.15) is 5.75 Å². The van der Waals surface area contributed by atoms with Gasteiger partial charge in [0.15, 0.2) is 6.61 Å². The predicted molar refractivity (Wildman–Crippen MR) is 112 cm³/mol. The molecule has 0 aliphatic carbocycles.